The molecule has 1 aromatic heterocycles. The van der Waals surface area contributed by atoms with Gasteiger partial charge < -0.3 is 19.9 Å². The lowest BCUT2D eigenvalue weighted by Crippen LogP contribution is -2.33. The minimum Gasteiger partial charge on any atom is -0.495 e. The molecule has 130 valence electrons. The summed E-state index contributed by atoms with van der Waals surface area (Å²) in [6, 6.07) is 5.72. The summed E-state index contributed by atoms with van der Waals surface area (Å²) in [5, 5.41) is 5.75. The van der Waals surface area contributed by atoms with Crippen molar-refractivity contribution in [1.82, 2.24) is 14.9 Å². The standard InChI is InChI=1S/C18H26N4O2/c1-13(22-9-8-19-12-22)11-20-17(23)21-15-10-14(18(2,3)4)6-7-16(15)24-5/h6-10,12-13H,11H2,1-5H3,(H2,20,21,23)/t13-/m0/s1. The number of aromatic nitrogens is 2. The molecule has 0 aliphatic carbocycles. The zero-order chi connectivity index (χ0) is 17.7. The lowest BCUT2D eigenvalue weighted by Gasteiger charge is -2.21. The zero-order valence-electron chi connectivity index (χ0n) is 15.0. The van der Waals surface area contributed by atoms with Gasteiger partial charge in [0, 0.05) is 25.0 Å². The number of nitrogens with zero attached hydrogens (tertiary/aromatic N) is 2. The predicted octanol–water partition coefficient (Wildman–Crippen LogP) is 3.57. The van der Waals surface area contributed by atoms with Crippen molar-refractivity contribution in [3.8, 4) is 5.75 Å². The SMILES string of the molecule is COc1ccc(C(C)(C)C)cc1NC(=O)NC[C@H](C)n1ccnc1. The maximum absolute atomic E-state index is 12.2. The van der Waals surface area contributed by atoms with E-state index in [2.05, 4.69) is 36.4 Å². The fourth-order valence-corrected chi connectivity index (χ4v) is 2.31. The van der Waals surface area contributed by atoms with Gasteiger partial charge in [0.1, 0.15) is 5.75 Å². The zero-order valence-corrected chi connectivity index (χ0v) is 15.0. The Hall–Kier alpha value is -2.50. The molecule has 2 aromatic rings. The molecule has 0 saturated heterocycles. The average Bonchev–Trinajstić information content (AvgIpc) is 3.06. The van der Waals surface area contributed by atoms with E-state index in [1.54, 1.807) is 19.6 Å². The van der Waals surface area contributed by atoms with Gasteiger partial charge in [-0.3, -0.25) is 0 Å². The third kappa shape index (κ3) is 4.50. The van der Waals surface area contributed by atoms with Crippen molar-refractivity contribution < 1.29 is 9.53 Å². The highest BCUT2D eigenvalue weighted by Crippen LogP contribution is 2.31. The van der Waals surface area contributed by atoms with Gasteiger partial charge in [-0.15, -0.1) is 0 Å². The van der Waals surface area contributed by atoms with Crippen LogP contribution in [0.25, 0.3) is 0 Å². The molecule has 2 rings (SSSR count). The molecule has 0 saturated carbocycles. The number of ether oxygens (including phenoxy) is 1. The number of nitrogens with one attached hydrogen (secondary N) is 2. The fraction of sp³-hybridized carbons (Fsp3) is 0.444. The molecule has 6 nitrogen and oxygen atoms in total. The number of imidazole rings is 1. The summed E-state index contributed by atoms with van der Waals surface area (Å²) in [4.78, 5) is 16.2. The first kappa shape index (κ1) is 17.8. The van der Waals surface area contributed by atoms with Crippen molar-refractivity contribution in [2.75, 3.05) is 19.0 Å². The highest BCUT2D eigenvalue weighted by molar-refractivity contribution is 5.91. The number of hydrogen-bond donors (Lipinski definition) is 2. The van der Waals surface area contributed by atoms with Gasteiger partial charge in [0.2, 0.25) is 0 Å². The molecule has 1 aromatic carbocycles. The number of urea groups is 1. The molecular weight excluding hydrogens is 304 g/mol. The first-order valence-corrected chi connectivity index (χ1v) is 8.02. The van der Waals surface area contributed by atoms with Gasteiger partial charge in [0.05, 0.1) is 19.1 Å². The molecule has 0 aliphatic rings. The lowest BCUT2D eigenvalue weighted by atomic mass is 9.87. The summed E-state index contributed by atoms with van der Waals surface area (Å²) in [5.41, 5.74) is 1.79. The maximum atomic E-state index is 12.2. The van der Waals surface area contributed by atoms with E-state index < -0.39 is 0 Å². The third-order valence-corrected chi connectivity index (χ3v) is 3.91. The van der Waals surface area contributed by atoms with Gasteiger partial charge in [-0.25, -0.2) is 9.78 Å². The van der Waals surface area contributed by atoms with Crippen LogP contribution in [0.4, 0.5) is 10.5 Å². The van der Waals surface area contributed by atoms with Crippen LogP contribution < -0.4 is 15.4 Å². The first-order chi connectivity index (χ1) is 11.3. The molecule has 0 spiro atoms. The van der Waals surface area contributed by atoms with Crippen LogP contribution in [0.15, 0.2) is 36.9 Å². The highest BCUT2D eigenvalue weighted by atomic mass is 16.5. The van der Waals surface area contributed by atoms with Gasteiger partial charge in [-0.1, -0.05) is 26.8 Å². The minimum absolute atomic E-state index is 0.00485. The van der Waals surface area contributed by atoms with Gasteiger partial charge in [-0.05, 0) is 30.0 Å². The molecule has 0 aliphatic heterocycles. The molecule has 1 atom stereocenters. The molecule has 1 heterocycles. The summed E-state index contributed by atoms with van der Waals surface area (Å²) < 4.78 is 7.29. The fourth-order valence-electron chi connectivity index (χ4n) is 2.31. The van der Waals surface area contributed by atoms with Gasteiger partial charge in [0.15, 0.2) is 0 Å². The van der Waals surface area contributed by atoms with Crippen molar-refractivity contribution >= 4 is 11.7 Å². The van der Waals surface area contributed by atoms with E-state index in [1.807, 2.05) is 35.9 Å². The summed E-state index contributed by atoms with van der Waals surface area (Å²) in [5.74, 6) is 0.640. The van der Waals surface area contributed by atoms with E-state index in [4.69, 9.17) is 4.74 Å². The van der Waals surface area contributed by atoms with Crippen LogP contribution in [0, 0.1) is 0 Å². The molecule has 0 unspecified atom stereocenters. The largest absolute Gasteiger partial charge is 0.495 e. The Morgan fingerprint density at radius 3 is 2.71 bits per heavy atom. The number of anilines is 1. The number of carbonyl (C=O) groups excluding carboxylic acids is 1. The summed E-state index contributed by atoms with van der Waals surface area (Å²) >= 11 is 0. The number of rotatable bonds is 5. The Labute approximate surface area is 143 Å². The Morgan fingerprint density at radius 1 is 1.38 bits per heavy atom. The van der Waals surface area contributed by atoms with Crippen LogP contribution >= 0.6 is 0 Å². The molecule has 24 heavy (non-hydrogen) atoms. The number of benzene rings is 1. The molecule has 0 bridgehead atoms. The summed E-state index contributed by atoms with van der Waals surface area (Å²) in [6.45, 7) is 8.91. The van der Waals surface area contributed by atoms with Gasteiger partial charge in [0.25, 0.3) is 0 Å². The normalized spacial score (nSPS) is 12.5. The smallest absolute Gasteiger partial charge is 0.319 e. The van der Waals surface area contributed by atoms with Crippen LogP contribution in [0.3, 0.4) is 0 Å². The van der Waals surface area contributed by atoms with E-state index >= 15 is 0 Å². The van der Waals surface area contributed by atoms with E-state index in [-0.39, 0.29) is 17.5 Å². The number of amides is 2. The van der Waals surface area contributed by atoms with E-state index in [0.29, 0.717) is 18.0 Å². The van der Waals surface area contributed by atoms with Gasteiger partial charge in [-0.2, -0.15) is 0 Å². The summed E-state index contributed by atoms with van der Waals surface area (Å²) in [6.07, 6.45) is 5.33. The second kappa shape index (κ2) is 7.38. The Bertz CT molecular complexity index is 675. The number of hydrogen-bond acceptors (Lipinski definition) is 3. The average molecular weight is 330 g/mol. The van der Waals surface area contributed by atoms with Crippen molar-refractivity contribution in [3.05, 3.63) is 42.5 Å². The van der Waals surface area contributed by atoms with E-state index in [0.717, 1.165) is 5.56 Å². The van der Waals surface area contributed by atoms with E-state index in [1.165, 1.54) is 0 Å². The number of methoxy groups -OCH3 is 1. The molecule has 0 radical (unpaired) electrons. The molecule has 2 N–H and O–H groups in total. The highest BCUT2D eigenvalue weighted by Gasteiger charge is 2.17. The topological polar surface area (TPSA) is 68.2 Å². The van der Waals surface area contributed by atoms with Crippen LogP contribution in [0.5, 0.6) is 5.75 Å². The van der Waals surface area contributed by atoms with Crippen molar-refractivity contribution in [2.45, 2.75) is 39.2 Å². The van der Waals surface area contributed by atoms with Crippen molar-refractivity contribution in [3.63, 3.8) is 0 Å². The van der Waals surface area contributed by atoms with Crippen LogP contribution in [0.2, 0.25) is 0 Å². The van der Waals surface area contributed by atoms with Crippen LogP contribution in [-0.2, 0) is 5.41 Å². The molecule has 2 amide bonds. The Morgan fingerprint density at radius 2 is 2.12 bits per heavy atom. The minimum atomic E-state index is -0.258. The van der Waals surface area contributed by atoms with Crippen molar-refractivity contribution in [2.24, 2.45) is 0 Å². The second-order valence-electron chi connectivity index (χ2n) is 6.86. The third-order valence-electron chi connectivity index (χ3n) is 3.91. The summed E-state index contributed by atoms with van der Waals surface area (Å²) in [7, 11) is 1.59. The first-order valence-electron chi connectivity index (χ1n) is 8.02. The lowest BCUT2D eigenvalue weighted by molar-refractivity contribution is 0.250. The van der Waals surface area contributed by atoms with Gasteiger partial charge >= 0.3 is 6.03 Å². The second-order valence-corrected chi connectivity index (χ2v) is 6.86. The van der Waals surface area contributed by atoms with Crippen LogP contribution in [0.1, 0.15) is 39.3 Å². The molecular formula is C18H26N4O2. The predicted molar refractivity (Wildman–Crippen MR) is 95.7 cm³/mol. The maximum Gasteiger partial charge on any atom is 0.319 e. The van der Waals surface area contributed by atoms with Crippen LogP contribution in [-0.4, -0.2) is 29.2 Å². The molecule has 0 fully saturated rings. The monoisotopic (exact) mass is 330 g/mol. The quantitative estimate of drug-likeness (QED) is 0.880. The number of carbonyl (C=O) groups is 1. The van der Waals surface area contributed by atoms with Crippen molar-refractivity contribution in [1.29, 1.82) is 0 Å². The Kier molecular flexibility index (Phi) is 5.49. The Balaban J connectivity index is 2.02. The molecule has 6 heteroatoms. The van der Waals surface area contributed by atoms with E-state index in [9.17, 15) is 4.79 Å².